The van der Waals surface area contributed by atoms with E-state index in [4.69, 9.17) is 5.73 Å². The summed E-state index contributed by atoms with van der Waals surface area (Å²) >= 11 is 0. The molecular formula is C7H14N2. The molecule has 0 aromatic carbocycles. The Kier molecular flexibility index (Phi) is 4.92. The van der Waals surface area contributed by atoms with Gasteiger partial charge in [-0.25, -0.2) is 0 Å². The third-order valence-corrected chi connectivity index (χ3v) is 0.884. The Morgan fingerprint density at radius 1 is 1.67 bits per heavy atom. The normalized spacial score (nSPS) is 12.9. The van der Waals surface area contributed by atoms with Crippen LogP contribution in [-0.2, 0) is 0 Å². The van der Waals surface area contributed by atoms with E-state index in [1.165, 1.54) is 0 Å². The SMILES string of the molecule is C/C=C\C=C(/N)CNC. The Morgan fingerprint density at radius 3 is 2.78 bits per heavy atom. The van der Waals surface area contributed by atoms with E-state index < -0.39 is 0 Å². The summed E-state index contributed by atoms with van der Waals surface area (Å²) in [4.78, 5) is 0. The molecule has 0 fully saturated rings. The van der Waals surface area contributed by atoms with E-state index in [1.807, 2.05) is 32.2 Å². The van der Waals surface area contributed by atoms with Gasteiger partial charge in [0.2, 0.25) is 0 Å². The van der Waals surface area contributed by atoms with Crippen molar-refractivity contribution in [2.24, 2.45) is 5.73 Å². The fourth-order valence-corrected chi connectivity index (χ4v) is 0.483. The van der Waals surface area contributed by atoms with Gasteiger partial charge in [0.25, 0.3) is 0 Å². The molecule has 2 heteroatoms. The third-order valence-electron chi connectivity index (χ3n) is 0.884. The second-order valence-electron chi connectivity index (χ2n) is 1.80. The molecule has 0 aliphatic rings. The van der Waals surface area contributed by atoms with Crippen LogP contribution in [0.3, 0.4) is 0 Å². The molecule has 0 rings (SSSR count). The predicted molar refractivity (Wildman–Crippen MR) is 41.0 cm³/mol. The summed E-state index contributed by atoms with van der Waals surface area (Å²) in [7, 11) is 1.87. The van der Waals surface area contributed by atoms with Crippen molar-refractivity contribution in [1.29, 1.82) is 0 Å². The molecule has 0 atom stereocenters. The Balaban J connectivity index is 3.55. The number of nitrogens with one attached hydrogen (secondary N) is 1. The van der Waals surface area contributed by atoms with Crippen LogP contribution in [0.1, 0.15) is 6.92 Å². The van der Waals surface area contributed by atoms with E-state index >= 15 is 0 Å². The van der Waals surface area contributed by atoms with Gasteiger partial charge in [0.15, 0.2) is 0 Å². The molecule has 0 aliphatic carbocycles. The van der Waals surface area contributed by atoms with Gasteiger partial charge < -0.3 is 11.1 Å². The van der Waals surface area contributed by atoms with Crippen LogP contribution in [-0.4, -0.2) is 13.6 Å². The van der Waals surface area contributed by atoms with Gasteiger partial charge in [0, 0.05) is 12.2 Å². The van der Waals surface area contributed by atoms with Crippen molar-refractivity contribution >= 4 is 0 Å². The summed E-state index contributed by atoms with van der Waals surface area (Å²) in [6.45, 7) is 2.72. The van der Waals surface area contributed by atoms with Gasteiger partial charge in [-0.1, -0.05) is 12.2 Å². The van der Waals surface area contributed by atoms with Crippen LogP contribution >= 0.6 is 0 Å². The van der Waals surface area contributed by atoms with Gasteiger partial charge in [-0.2, -0.15) is 0 Å². The molecule has 0 spiro atoms. The van der Waals surface area contributed by atoms with Gasteiger partial charge in [-0.3, -0.25) is 0 Å². The van der Waals surface area contributed by atoms with E-state index in [-0.39, 0.29) is 0 Å². The van der Waals surface area contributed by atoms with Crippen LogP contribution in [0.5, 0.6) is 0 Å². The number of rotatable bonds is 3. The van der Waals surface area contributed by atoms with Gasteiger partial charge >= 0.3 is 0 Å². The maximum absolute atomic E-state index is 5.52. The Bertz CT molecular complexity index is 114. The largest absolute Gasteiger partial charge is 0.401 e. The van der Waals surface area contributed by atoms with Crippen LogP contribution in [0.25, 0.3) is 0 Å². The van der Waals surface area contributed by atoms with Gasteiger partial charge in [0.05, 0.1) is 0 Å². The molecule has 0 unspecified atom stereocenters. The van der Waals surface area contributed by atoms with E-state index in [2.05, 4.69) is 5.32 Å². The summed E-state index contributed by atoms with van der Waals surface area (Å²) < 4.78 is 0. The predicted octanol–water partition coefficient (Wildman–Crippen LogP) is 0.625. The minimum Gasteiger partial charge on any atom is -0.401 e. The van der Waals surface area contributed by atoms with Crippen molar-refractivity contribution in [2.75, 3.05) is 13.6 Å². The molecule has 9 heavy (non-hydrogen) atoms. The molecule has 0 heterocycles. The lowest BCUT2D eigenvalue weighted by atomic mass is 10.4. The lowest BCUT2D eigenvalue weighted by Crippen LogP contribution is -2.15. The van der Waals surface area contributed by atoms with E-state index in [9.17, 15) is 0 Å². The highest BCUT2D eigenvalue weighted by atomic mass is 14.8. The van der Waals surface area contributed by atoms with Crippen LogP contribution in [0, 0.1) is 0 Å². The third kappa shape index (κ3) is 5.11. The number of hydrogen-bond acceptors (Lipinski definition) is 2. The average molecular weight is 126 g/mol. The molecular weight excluding hydrogens is 112 g/mol. The quantitative estimate of drug-likeness (QED) is 0.544. The van der Waals surface area contributed by atoms with Crippen molar-refractivity contribution in [3.63, 3.8) is 0 Å². The van der Waals surface area contributed by atoms with Crippen molar-refractivity contribution in [3.8, 4) is 0 Å². The van der Waals surface area contributed by atoms with Crippen molar-refractivity contribution < 1.29 is 0 Å². The summed E-state index contributed by atoms with van der Waals surface area (Å²) in [5.41, 5.74) is 6.37. The summed E-state index contributed by atoms with van der Waals surface area (Å²) in [6.07, 6.45) is 5.76. The number of likely N-dealkylation sites (N-methyl/N-ethyl adjacent to an activating group) is 1. The van der Waals surface area contributed by atoms with E-state index in [0.29, 0.717) is 0 Å². The first kappa shape index (κ1) is 8.24. The summed E-state index contributed by atoms with van der Waals surface area (Å²) in [5.74, 6) is 0. The molecule has 0 radical (unpaired) electrons. The molecule has 0 aromatic heterocycles. The minimum atomic E-state index is 0.754. The molecule has 0 bridgehead atoms. The molecule has 0 saturated carbocycles. The molecule has 0 saturated heterocycles. The lowest BCUT2D eigenvalue weighted by molar-refractivity contribution is 0.871. The van der Waals surface area contributed by atoms with E-state index in [1.54, 1.807) is 0 Å². The lowest BCUT2D eigenvalue weighted by Gasteiger charge is -1.95. The van der Waals surface area contributed by atoms with Crippen molar-refractivity contribution in [2.45, 2.75) is 6.92 Å². The molecule has 0 aliphatic heterocycles. The highest BCUT2D eigenvalue weighted by molar-refractivity contribution is 5.09. The van der Waals surface area contributed by atoms with Crippen LogP contribution in [0.2, 0.25) is 0 Å². The minimum absolute atomic E-state index is 0.754. The first-order chi connectivity index (χ1) is 4.31. The Morgan fingerprint density at radius 2 is 2.33 bits per heavy atom. The molecule has 0 aromatic rings. The van der Waals surface area contributed by atoms with Crippen molar-refractivity contribution in [1.82, 2.24) is 5.32 Å². The smallest absolute Gasteiger partial charge is 0.0349 e. The zero-order valence-corrected chi connectivity index (χ0v) is 6.02. The fraction of sp³-hybridized carbons (Fsp3) is 0.429. The maximum atomic E-state index is 5.52. The zero-order valence-electron chi connectivity index (χ0n) is 6.02. The summed E-state index contributed by atoms with van der Waals surface area (Å²) in [6, 6.07) is 0. The first-order valence-corrected chi connectivity index (χ1v) is 3.03. The topological polar surface area (TPSA) is 38.0 Å². The fourth-order valence-electron chi connectivity index (χ4n) is 0.483. The van der Waals surface area contributed by atoms with Crippen LogP contribution in [0.15, 0.2) is 23.9 Å². The van der Waals surface area contributed by atoms with Gasteiger partial charge in [-0.15, -0.1) is 0 Å². The van der Waals surface area contributed by atoms with Crippen molar-refractivity contribution in [3.05, 3.63) is 23.9 Å². The Hall–Kier alpha value is -0.760. The van der Waals surface area contributed by atoms with Crippen LogP contribution < -0.4 is 11.1 Å². The molecule has 0 amide bonds. The monoisotopic (exact) mass is 126 g/mol. The second-order valence-corrected chi connectivity index (χ2v) is 1.80. The second kappa shape index (κ2) is 5.38. The highest BCUT2D eigenvalue weighted by Gasteiger charge is 1.80. The standard InChI is InChI=1S/C7H14N2/c1-3-4-5-7(8)6-9-2/h3-5,9H,6,8H2,1-2H3/b4-3-,7-5-. The highest BCUT2D eigenvalue weighted by Crippen LogP contribution is 1.81. The number of hydrogen-bond donors (Lipinski definition) is 2. The maximum Gasteiger partial charge on any atom is 0.0349 e. The summed E-state index contributed by atoms with van der Waals surface area (Å²) in [5, 5.41) is 2.95. The Labute approximate surface area is 56.4 Å². The molecule has 52 valence electrons. The van der Waals surface area contributed by atoms with Crippen LogP contribution in [0.4, 0.5) is 0 Å². The van der Waals surface area contributed by atoms with Gasteiger partial charge in [0.1, 0.15) is 0 Å². The zero-order chi connectivity index (χ0) is 7.11. The molecule has 3 N–H and O–H groups in total. The van der Waals surface area contributed by atoms with Gasteiger partial charge in [-0.05, 0) is 20.0 Å². The first-order valence-electron chi connectivity index (χ1n) is 3.03. The number of allylic oxidation sites excluding steroid dienone is 3. The van der Waals surface area contributed by atoms with E-state index in [0.717, 1.165) is 12.2 Å². The average Bonchev–Trinajstić information content (AvgIpc) is 1.85. The molecule has 2 nitrogen and oxygen atoms in total. The number of nitrogens with two attached hydrogens (primary N) is 1.